The number of pyridine rings is 1. The summed E-state index contributed by atoms with van der Waals surface area (Å²) in [6.45, 7) is -0.260. The fourth-order valence-corrected chi connectivity index (χ4v) is 3.34. The molecule has 2 heterocycles. The van der Waals surface area contributed by atoms with E-state index in [0.717, 1.165) is 29.7 Å². The van der Waals surface area contributed by atoms with Crippen LogP contribution in [0.3, 0.4) is 0 Å². The second-order valence-corrected chi connectivity index (χ2v) is 7.55. The molecule has 1 atom stereocenters. The molecule has 0 aliphatic heterocycles. The summed E-state index contributed by atoms with van der Waals surface area (Å²) in [4.78, 5) is 29.9. The fourth-order valence-electron chi connectivity index (χ4n) is 3.34. The molecule has 1 unspecified atom stereocenters. The molecule has 4 rings (SSSR count). The number of aliphatic hydroxyl groups is 1. The van der Waals surface area contributed by atoms with Gasteiger partial charge in [0.1, 0.15) is 5.56 Å². The van der Waals surface area contributed by atoms with Gasteiger partial charge in [0.05, 0.1) is 35.8 Å². The minimum absolute atomic E-state index is 0.138. The lowest BCUT2D eigenvalue weighted by Crippen LogP contribution is -2.42. The van der Waals surface area contributed by atoms with E-state index in [2.05, 4.69) is 15.4 Å². The van der Waals surface area contributed by atoms with Crippen molar-refractivity contribution in [1.82, 2.24) is 20.1 Å². The average Bonchev–Trinajstić information content (AvgIpc) is 3.63. The Kier molecular flexibility index (Phi) is 5.79. The predicted octanol–water partition coefficient (Wildman–Crippen LogP) is 2.81. The van der Waals surface area contributed by atoms with Gasteiger partial charge in [-0.15, -0.1) is 0 Å². The first-order chi connectivity index (χ1) is 15.3. The molecule has 0 spiro atoms. The zero-order valence-electron chi connectivity index (χ0n) is 16.7. The zero-order chi connectivity index (χ0) is 22.9. The molecule has 0 bridgehead atoms. The Balaban J connectivity index is 1.79. The molecule has 1 saturated carbocycles. The molecule has 10 heteroatoms. The van der Waals surface area contributed by atoms with Crippen molar-refractivity contribution >= 4 is 5.91 Å². The topological polar surface area (TPSA) is 97.1 Å². The van der Waals surface area contributed by atoms with Gasteiger partial charge in [-0.3, -0.25) is 14.6 Å². The molecule has 2 N–H and O–H groups in total. The largest absolute Gasteiger partial charge is 0.416 e. The molecule has 1 fully saturated rings. The van der Waals surface area contributed by atoms with Crippen molar-refractivity contribution in [2.24, 2.45) is 5.92 Å². The summed E-state index contributed by atoms with van der Waals surface area (Å²) in [6.07, 6.45) is 0.140. The van der Waals surface area contributed by atoms with Crippen molar-refractivity contribution in [3.8, 4) is 16.9 Å². The van der Waals surface area contributed by atoms with E-state index in [1.807, 2.05) is 0 Å². The molecule has 166 valence electrons. The SMILES string of the molecule is O=C(NC(CO)C1CC1)c1cc(-c2ccc(C(F)(F)F)cc2)nn(-c2cccnc2)c1=O. The van der Waals surface area contributed by atoms with Crippen molar-refractivity contribution in [2.45, 2.75) is 25.1 Å². The molecule has 1 aliphatic rings. The molecule has 2 aromatic heterocycles. The normalized spacial score (nSPS) is 14.8. The monoisotopic (exact) mass is 444 g/mol. The van der Waals surface area contributed by atoms with Crippen LogP contribution in [0.2, 0.25) is 0 Å². The molecular formula is C22H19F3N4O3. The van der Waals surface area contributed by atoms with Crippen LogP contribution < -0.4 is 10.9 Å². The number of carbonyl (C=O) groups excluding carboxylic acids is 1. The number of hydrogen-bond donors (Lipinski definition) is 2. The number of carbonyl (C=O) groups is 1. The minimum atomic E-state index is -4.49. The van der Waals surface area contributed by atoms with Gasteiger partial charge in [-0.2, -0.15) is 23.0 Å². The summed E-state index contributed by atoms with van der Waals surface area (Å²) in [6, 6.07) is 8.20. The molecule has 3 aromatic rings. The Bertz CT molecular complexity index is 1170. The number of nitrogens with zero attached hydrogens (tertiary/aromatic N) is 3. The summed E-state index contributed by atoms with van der Waals surface area (Å²) >= 11 is 0. The van der Waals surface area contributed by atoms with E-state index in [4.69, 9.17) is 0 Å². The zero-order valence-corrected chi connectivity index (χ0v) is 16.7. The van der Waals surface area contributed by atoms with E-state index >= 15 is 0 Å². The van der Waals surface area contributed by atoms with Crippen molar-refractivity contribution in [3.63, 3.8) is 0 Å². The van der Waals surface area contributed by atoms with Crippen LogP contribution in [0.25, 0.3) is 16.9 Å². The third-order valence-corrected chi connectivity index (χ3v) is 5.26. The predicted molar refractivity (Wildman–Crippen MR) is 109 cm³/mol. The first-order valence-corrected chi connectivity index (χ1v) is 9.92. The number of alkyl halides is 3. The highest BCUT2D eigenvalue weighted by atomic mass is 19.4. The Labute approximate surface area is 180 Å². The highest BCUT2D eigenvalue weighted by Crippen LogP contribution is 2.33. The molecular weight excluding hydrogens is 425 g/mol. The Hall–Kier alpha value is -3.53. The molecule has 0 saturated heterocycles. The maximum atomic E-state index is 13.0. The van der Waals surface area contributed by atoms with Gasteiger partial charge in [-0.05, 0) is 49.1 Å². The van der Waals surface area contributed by atoms with Crippen molar-refractivity contribution < 1.29 is 23.1 Å². The Morgan fingerprint density at radius 1 is 1.22 bits per heavy atom. The van der Waals surface area contributed by atoms with Crippen LogP contribution in [0.4, 0.5) is 13.2 Å². The second-order valence-electron chi connectivity index (χ2n) is 7.55. The highest BCUT2D eigenvalue weighted by molar-refractivity contribution is 5.95. The lowest BCUT2D eigenvalue weighted by molar-refractivity contribution is -0.137. The summed E-state index contributed by atoms with van der Waals surface area (Å²) in [7, 11) is 0. The number of aromatic nitrogens is 3. The third-order valence-electron chi connectivity index (χ3n) is 5.26. The fraction of sp³-hybridized carbons (Fsp3) is 0.273. The van der Waals surface area contributed by atoms with E-state index in [-0.39, 0.29) is 23.8 Å². The van der Waals surface area contributed by atoms with E-state index in [9.17, 15) is 27.9 Å². The van der Waals surface area contributed by atoms with Gasteiger partial charge in [-0.1, -0.05) is 12.1 Å². The van der Waals surface area contributed by atoms with Crippen LogP contribution in [0.15, 0.2) is 59.7 Å². The smallest absolute Gasteiger partial charge is 0.394 e. The van der Waals surface area contributed by atoms with Gasteiger partial charge in [0.2, 0.25) is 0 Å². The van der Waals surface area contributed by atoms with Crippen LogP contribution in [0.1, 0.15) is 28.8 Å². The first-order valence-electron chi connectivity index (χ1n) is 9.92. The molecule has 0 radical (unpaired) electrons. The van der Waals surface area contributed by atoms with Crippen LogP contribution in [0, 0.1) is 5.92 Å². The van der Waals surface area contributed by atoms with Crippen LogP contribution >= 0.6 is 0 Å². The lowest BCUT2D eigenvalue weighted by Gasteiger charge is -2.16. The number of rotatable bonds is 6. The minimum Gasteiger partial charge on any atom is -0.394 e. The van der Waals surface area contributed by atoms with Crippen LogP contribution in [0.5, 0.6) is 0 Å². The number of benzene rings is 1. The van der Waals surface area contributed by atoms with Gasteiger partial charge >= 0.3 is 6.18 Å². The summed E-state index contributed by atoms with van der Waals surface area (Å²) < 4.78 is 39.7. The molecule has 1 aromatic carbocycles. The summed E-state index contributed by atoms with van der Waals surface area (Å²) in [5, 5.41) is 16.5. The van der Waals surface area contributed by atoms with Crippen molar-refractivity contribution in [2.75, 3.05) is 6.61 Å². The van der Waals surface area contributed by atoms with Gasteiger partial charge in [0, 0.05) is 11.8 Å². The highest BCUT2D eigenvalue weighted by Gasteiger charge is 2.33. The summed E-state index contributed by atoms with van der Waals surface area (Å²) in [5.41, 5.74) is -1.04. The standard InChI is InChI=1S/C22H19F3N4O3/c23-22(24,25)15-7-5-13(6-8-15)18-10-17(20(31)27-19(12-30)14-3-4-14)21(32)29(28-18)16-2-1-9-26-11-16/h1-2,5-11,14,19,30H,3-4,12H2,(H,27,31). The first kappa shape index (κ1) is 21.7. The number of halogens is 3. The van der Waals surface area contributed by atoms with Crippen molar-refractivity contribution in [1.29, 1.82) is 0 Å². The Morgan fingerprint density at radius 2 is 1.94 bits per heavy atom. The Morgan fingerprint density at radius 3 is 2.50 bits per heavy atom. The van der Waals surface area contributed by atoms with Crippen LogP contribution in [-0.2, 0) is 6.18 Å². The number of aliphatic hydroxyl groups excluding tert-OH is 1. The number of hydrogen-bond acceptors (Lipinski definition) is 5. The third kappa shape index (κ3) is 4.54. The lowest BCUT2D eigenvalue weighted by atomic mass is 10.1. The molecule has 1 amide bonds. The van der Waals surface area contributed by atoms with E-state index in [1.165, 1.54) is 30.6 Å². The van der Waals surface area contributed by atoms with Crippen LogP contribution in [-0.4, -0.2) is 38.4 Å². The molecule has 1 aliphatic carbocycles. The number of nitrogens with one attached hydrogen (secondary N) is 1. The van der Waals surface area contributed by atoms with Gasteiger partial charge in [-0.25, -0.2) is 0 Å². The van der Waals surface area contributed by atoms with E-state index in [1.54, 1.807) is 12.1 Å². The maximum Gasteiger partial charge on any atom is 0.416 e. The second kappa shape index (κ2) is 8.54. The van der Waals surface area contributed by atoms with Gasteiger partial charge in [0.15, 0.2) is 0 Å². The average molecular weight is 444 g/mol. The molecule has 32 heavy (non-hydrogen) atoms. The van der Waals surface area contributed by atoms with E-state index in [0.29, 0.717) is 11.3 Å². The van der Waals surface area contributed by atoms with E-state index < -0.39 is 29.2 Å². The summed E-state index contributed by atoms with van der Waals surface area (Å²) in [5.74, 6) is -0.533. The van der Waals surface area contributed by atoms with Gasteiger partial charge < -0.3 is 10.4 Å². The molecule has 7 nitrogen and oxygen atoms in total. The van der Waals surface area contributed by atoms with Crippen molar-refractivity contribution in [3.05, 3.63) is 76.3 Å². The maximum absolute atomic E-state index is 13.0. The number of amides is 1. The quantitative estimate of drug-likeness (QED) is 0.610. The van der Waals surface area contributed by atoms with Gasteiger partial charge in [0.25, 0.3) is 11.5 Å².